The molecule has 0 aromatic carbocycles. The fraction of sp³-hybridized carbons (Fsp3) is 0.750. The molecule has 1 fully saturated rings. The fourth-order valence-electron chi connectivity index (χ4n) is 2.92. The van der Waals surface area contributed by atoms with Crippen LogP contribution < -0.4 is 10.6 Å². The molecule has 1 atom stereocenters. The highest BCUT2D eigenvalue weighted by Crippen LogP contribution is 2.29. The molecule has 25 heavy (non-hydrogen) atoms. The SMILES string of the molecule is CCC(CNC(=NC)NCCc1nc(C(F)(F)F)cs1)N1CCCC1. The van der Waals surface area contributed by atoms with E-state index < -0.39 is 11.9 Å². The first-order valence-electron chi connectivity index (χ1n) is 8.64. The molecule has 0 amide bonds. The first-order valence-corrected chi connectivity index (χ1v) is 9.52. The maximum Gasteiger partial charge on any atom is 0.434 e. The normalized spacial score (nSPS) is 17.7. The molecule has 0 radical (unpaired) electrons. The molecule has 0 spiro atoms. The van der Waals surface area contributed by atoms with Crippen LogP contribution in [0.15, 0.2) is 10.4 Å². The summed E-state index contributed by atoms with van der Waals surface area (Å²) >= 11 is 1.04. The van der Waals surface area contributed by atoms with Gasteiger partial charge in [0, 0.05) is 38.0 Å². The number of aliphatic imine (C=N–C) groups is 1. The van der Waals surface area contributed by atoms with E-state index in [1.807, 2.05) is 0 Å². The summed E-state index contributed by atoms with van der Waals surface area (Å²) in [7, 11) is 1.69. The minimum atomic E-state index is -4.37. The van der Waals surface area contributed by atoms with Crippen LogP contribution in [0.3, 0.4) is 0 Å². The van der Waals surface area contributed by atoms with Gasteiger partial charge < -0.3 is 10.6 Å². The third kappa shape index (κ3) is 6.14. The van der Waals surface area contributed by atoms with Crippen LogP contribution in [0.5, 0.6) is 0 Å². The van der Waals surface area contributed by atoms with Crippen LogP contribution >= 0.6 is 11.3 Å². The Morgan fingerprint density at radius 1 is 1.36 bits per heavy atom. The van der Waals surface area contributed by atoms with Crippen LogP contribution in [0.25, 0.3) is 0 Å². The summed E-state index contributed by atoms with van der Waals surface area (Å²) in [5, 5.41) is 7.99. The van der Waals surface area contributed by atoms with Crippen molar-refractivity contribution in [3.63, 3.8) is 0 Å². The molecule has 0 aliphatic carbocycles. The molecule has 1 aliphatic heterocycles. The lowest BCUT2D eigenvalue weighted by molar-refractivity contribution is -0.140. The Morgan fingerprint density at radius 3 is 2.64 bits per heavy atom. The summed E-state index contributed by atoms with van der Waals surface area (Å²) in [5.41, 5.74) is -0.814. The van der Waals surface area contributed by atoms with E-state index in [9.17, 15) is 13.2 Å². The highest BCUT2D eigenvalue weighted by atomic mass is 32.1. The van der Waals surface area contributed by atoms with Crippen molar-refractivity contribution in [1.82, 2.24) is 20.5 Å². The number of halogens is 3. The van der Waals surface area contributed by atoms with E-state index in [1.54, 1.807) is 7.05 Å². The zero-order valence-corrected chi connectivity index (χ0v) is 15.5. The van der Waals surface area contributed by atoms with E-state index in [0.717, 1.165) is 42.8 Å². The molecule has 1 aromatic rings. The van der Waals surface area contributed by atoms with Crippen LogP contribution in [-0.2, 0) is 12.6 Å². The summed E-state index contributed by atoms with van der Waals surface area (Å²) in [4.78, 5) is 10.3. The van der Waals surface area contributed by atoms with Crippen molar-refractivity contribution in [2.75, 3.05) is 33.2 Å². The van der Waals surface area contributed by atoms with Gasteiger partial charge in [-0.2, -0.15) is 13.2 Å². The summed E-state index contributed by atoms with van der Waals surface area (Å²) in [6.45, 7) is 5.79. The first-order chi connectivity index (χ1) is 11.9. The topological polar surface area (TPSA) is 52.6 Å². The van der Waals surface area contributed by atoms with Gasteiger partial charge in [0.25, 0.3) is 0 Å². The van der Waals surface area contributed by atoms with Gasteiger partial charge in [0.1, 0.15) is 0 Å². The van der Waals surface area contributed by atoms with E-state index in [2.05, 4.69) is 32.4 Å². The Bertz CT molecular complexity index is 552. The molecule has 1 saturated heterocycles. The summed E-state index contributed by atoms with van der Waals surface area (Å²) in [5.74, 6) is 0.672. The smallest absolute Gasteiger partial charge is 0.356 e. The Labute approximate surface area is 150 Å². The lowest BCUT2D eigenvalue weighted by atomic mass is 10.2. The molecule has 0 bridgehead atoms. The van der Waals surface area contributed by atoms with Gasteiger partial charge in [0.05, 0.1) is 5.01 Å². The second-order valence-corrected chi connectivity index (χ2v) is 7.00. The summed E-state index contributed by atoms with van der Waals surface area (Å²) < 4.78 is 37.6. The van der Waals surface area contributed by atoms with Crippen molar-refractivity contribution >= 4 is 17.3 Å². The second-order valence-electron chi connectivity index (χ2n) is 6.06. The standard InChI is InChI=1S/C16H26F3N5S/c1-3-12(24-8-4-5-9-24)10-22-15(20-2)21-7-6-14-23-13(11-25-14)16(17,18)19/h11-12H,3-10H2,1-2H3,(H2,20,21,22). The van der Waals surface area contributed by atoms with Gasteiger partial charge in [-0.1, -0.05) is 6.92 Å². The lowest BCUT2D eigenvalue weighted by Gasteiger charge is -2.27. The van der Waals surface area contributed by atoms with Crippen LogP contribution in [0.2, 0.25) is 0 Å². The average Bonchev–Trinajstić information content (AvgIpc) is 3.25. The van der Waals surface area contributed by atoms with Crippen molar-refractivity contribution in [3.8, 4) is 0 Å². The molecule has 9 heteroatoms. The number of nitrogens with zero attached hydrogens (tertiary/aromatic N) is 3. The zero-order valence-electron chi connectivity index (χ0n) is 14.7. The number of guanidine groups is 1. The van der Waals surface area contributed by atoms with E-state index in [1.165, 1.54) is 12.8 Å². The molecule has 2 heterocycles. The Morgan fingerprint density at radius 2 is 2.08 bits per heavy atom. The quantitative estimate of drug-likeness (QED) is 0.567. The lowest BCUT2D eigenvalue weighted by Crippen LogP contribution is -2.46. The van der Waals surface area contributed by atoms with E-state index in [0.29, 0.717) is 30.0 Å². The predicted octanol–water partition coefficient (Wildman–Crippen LogP) is 2.74. The predicted molar refractivity (Wildman–Crippen MR) is 95.1 cm³/mol. The van der Waals surface area contributed by atoms with E-state index in [-0.39, 0.29) is 0 Å². The number of hydrogen-bond donors (Lipinski definition) is 2. The van der Waals surface area contributed by atoms with Crippen LogP contribution in [-0.4, -0.2) is 55.1 Å². The number of thiazole rings is 1. The van der Waals surface area contributed by atoms with E-state index in [4.69, 9.17) is 0 Å². The molecule has 1 unspecified atom stereocenters. The highest BCUT2D eigenvalue weighted by molar-refractivity contribution is 7.09. The maximum atomic E-state index is 12.5. The molecule has 1 aromatic heterocycles. The van der Waals surface area contributed by atoms with Gasteiger partial charge in [0.15, 0.2) is 11.7 Å². The number of rotatable bonds is 7. The van der Waals surface area contributed by atoms with Gasteiger partial charge in [-0.05, 0) is 32.4 Å². The number of alkyl halides is 3. The first kappa shape index (κ1) is 20.0. The minimum absolute atomic E-state index is 0.435. The van der Waals surface area contributed by atoms with Gasteiger partial charge in [-0.25, -0.2) is 4.98 Å². The van der Waals surface area contributed by atoms with Gasteiger partial charge in [-0.3, -0.25) is 9.89 Å². The molecule has 0 saturated carbocycles. The van der Waals surface area contributed by atoms with Crippen molar-refractivity contribution < 1.29 is 13.2 Å². The average molecular weight is 377 g/mol. The van der Waals surface area contributed by atoms with Crippen molar-refractivity contribution in [2.45, 2.75) is 44.8 Å². The van der Waals surface area contributed by atoms with Gasteiger partial charge in [0.2, 0.25) is 0 Å². The molecular weight excluding hydrogens is 351 g/mol. The summed E-state index contributed by atoms with van der Waals surface area (Å²) in [6.07, 6.45) is -0.340. The fourth-order valence-corrected chi connectivity index (χ4v) is 3.72. The minimum Gasteiger partial charge on any atom is -0.356 e. The Hall–Kier alpha value is -1.35. The molecular formula is C16H26F3N5S. The van der Waals surface area contributed by atoms with Crippen molar-refractivity contribution in [2.24, 2.45) is 4.99 Å². The second kappa shape index (κ2) is 9.38. The zero-order chi connectivity index (χ0) is 18.3. The van der Waals surface area contributed by atoms with Crippen LogP contribution in [0.1, 0.15) is 36.9 Å². The number of nitrogens with one attached hydrogen (secondary N) is 2. The molecule has 142 valence electrons. The third-order valence-electron chi connectivity index (χ3n) is 4.33. The van der Waals surface area contributed by atoms with Crippen molar-refractivity contribution in [1.29, 1.82) is 0 Å². The summed E-state index contributed by atoms with van der Waals surface area (Å²) in [6, 6.07) is 0.481. The van der Waals surface area contributed by atoms with E-state index >= 15 is 0 Å². The van der Waals surface area contributed by atoms with Gasteiger partial charge >= 0.3 is 6.18 Å². The van der Waals surface area contributed by atoms with Crippen LogP contribution in [0.4, 0.5) is 13.2 Å². The number of aromatic nitrogens is 1. The monoisotopic (exact) mass is 377 g/mol. The van der Waals surface area contributed by atoms with Crippen LogP contribution in [0, 0.1) is 0 Å². The Kier molecular flexibility index (Phi) is 7.49. The highest BCUT2D eigenvalue weighted by Gasteiger charge is 2.33. The molecule has 2 rings (SSSR count). The Balaban J connectivity index is 1.73. The maximum absolute atomic E-state index is 12.5. The van der Waals surface area contributed by atoms with Crippen molar-refractivity contribution in [3.05, 3.63) is 16.1 Å². The molecule has 2 N–H and O–H groups in total. The number of hydrogen-bond acceptors (Lipinski definition) is 4. The van der Waals surface area contributed by atoms with Gasteiger partial charge in [-0.15, -0.1) is 11.3 Å². The third-order valence-corrected chi connectivity index (χ3v) is 5.24. The molecule has 5 nitrogen and oxygen atoms in total. The number of likely N-dealkylation sites (tertiary alicyclic amines) is 1. The largest absolute Gasteiger partial charge is 0.434 e. The molecule has 1 aliphatic rings.